The van der Waals surface area contributed by atoms with Crippen LogP contribution in [0.25, 0.3) is 0 Å². The second-order valence-electron chi connectivity index (χ2n) is 9.04. The number of carbonyl (C=O) groups is 1. The van der Waals surface area contributed by atoms with Crippen LogP contribution in [-0.4, -0.2) is 57.9 Å². The summed E-state index contributed by atoms with van der Waals surface area (Å²) in [6.45, 7) is 2.07. The van der Waals surface area contributed by atoms with Gasteiger partial charge in [0.2, 0.25) is 5.88 Å². The van der Waals surface area contributed by atoms with Crippen LogP contribution in [0.2, 0.25) is 0 Å². The molecular formula is C25H25N3O5. The molecule has 8 nitrogen and oxygen atoms in total. The first kappa shape index (κ1) is 21.3. The van der Waals surface area contributed by atoms with Crippen LogP contribution < -0.4 is 9.47 Å². The Kier molecular flexibility index (Phi) is 5.02. The summed E-state index contributed by atoms with van der Waals surface area (Å²) < 4.78 is 12.7. The van der Waals surface area contributed by atoms with Crippen LogP contribution in [0.4, 0.5) is 0 Å². The minimum Gasteiger partial charge on any atom is -0.504 e. The quantitative estimate of drug-likeness (QED) is 0.675. The first-order valence-corrected chi connectivity index (χ1v) is 11.0. The maximum Gasteiger partial charge on any atom is 0.300 e. The molecule has 2 aliphatic carbocycles. The second kappa shape index (κ2) is 7.78. The minimum absolute atomic E-state index is 0.201. The highest BCUT2D eigenvalue weighted by atomic mass is 16.6. The summed E-state index contributed by atoms with van der Waals surface area (Å²) in [6.07, 6.45) is 7.29. The second-order valence-corrected chi connectivity index (χ2v) is 9.04. The van der Waals surface area contributed by atoms with Crippen molar-refractivity contribution in [1.82, 2.24) is 9.88 Å². The van der Waals surface area contributed by atoms with Gasteiger partial charge in [-0.1, -0.05) is 12.1 Å². The Morgan fingerprint density at radius 3 is 2.91 bits per heavy atom. The number of phenols is 1. The molecule has 1 fully saturated rings. The van der Waals surface area contributed by atoms with Crippen molar-refractivity contribution in [3.8, 4) is 23.4 Å². The number of carboxylic acid groups (broad SMARTS) is 1. The summed E-state index contributed by atoms with van der Waals surface area (Å²) in [6, 6.07) is 9.65. The zero-order valence-electron chi connectivity index (χ0n) is 18.4. The van der Waals surface area contributed by atoms with Gasteiger partial charge in [0.05, 0.1) is 11.6 Å². The Bertz CT molecular complexity index is 1190. The van der Waals surface area contributed by atoms with Crippen LogP contribution in [-0.2, 0) is 16.6 Å². The number of nitriles is 1. The fraction of sp³-hybridized carbons (Fsp3) is 0.400. The molecule has 1 saturated heterocycles. The lowest BCUT2D eigenvalue weighted by Crippen LogP contribution is -2.65. The number of nitrogens with zero attached hydrogens (tertiary/aromatic N) is 3. The van der Waals surface area contributed by atoms with Gasteiger partial charge in [-0.2, -0.15) is 5.26 Å². The molecule has 2 aliphatic heterocycles. The van der Waals surface area contributed by atoms with Crippen molar-refractivity contribution in [1.29, 1.82) is 5.26 Å². The van der Waals surface area contributed by atoms with E-state index in [2.05, 4.69) is 41.2 Å². The van der Waals surface area contributed by atoms with E-state index in [0.29, 0.717) is 29.2 Å². The number of ether oxygens (including phenoxy) is 2. The SMILES string of the molecule is CC(=O)O.CN1CC[C@]23c4c5ccc(O)c4O[C@H]2[C@@H](Oc2cc(C#N)ccn2)C=C[C@H]3[C@H]1C5. The number of hydrogen-bond donors (Lipinski definition) is 2. The molecule has 0 amide bonds. The van der Waals surface area contributed by atoms with Crippen LogP contribution in [0, 0.1) is 17.2 Å². The normalized spacial score (nSPS) is 30.2. The average molecular weight is 447 g/mol. The lowest BCUT2D eigenvalue weighted by Gasteiger charge is -2.56. The number of pyridine rings is 1. The topological polar surface area (TPSA) is 116 Å². The van der Waals surface area contributed by atoms with Crippen molar-refractivity contribution in [2.24, 2.45) is 5.92 Å². The van der Waals surface area contributed by atoms with E-state index in [1.165, 1.54) is 11.1 Å². The molecule has 0 radical (unpaired) electrons. The number of likely N-dealkylation sites (tertiary alicyclic amines) is 1. The summed E-state index contributed by atoms with van der Waals surface area (Å²) in [4.78, 5) is 15.7. The van der Waals surface area contributed by atoms with Crippen molar-refractivity contribution in [2.75, 3.05) is 13.6 Å². The first-order chi connectivity index (χ1) is 15.8. The molecule has 1 spiro atoms. The van der Waals surface area contributed by atoms with E-state index in [1.807, 2.05) is 0 Å². The van der Waals surface area contributed by atoms with E-state index in [0.717, 1.165) is 26.3 Å². The number of carboxylic acids is 1. The predicted octanol–water partition coefficient (Wildman–Crippen LogP) is 2.64. The van der Waals surface area contributed by atoms with E-state index in [4.69, 9.17) is 19.4 Å². The smallest absolute Gasteiger partial charge is 0.300 e. The van der Waals surface area contributed by atoms with Gasteiger partial charge in [0.25, 0.3) is 5.97 Å². The lowest BCUT2D eigenvalue weighted by molar-refractivity contribution is -0.134. The number of aromatic hydroxyl groups is 1. The Morgan fingerprint density at radius 1 is 1.36 bits per heavy atom. The summed E-state index contributed by atoms with van der Waals surface area (Å²) in [7, 11) is 2.20. The van der Waals surface area contributed by atoms with Crippen molar-refractivity contribution < 1.29 is 24.5 Å². The summed E-state index contributed by atoms with van der Waals surface area (Å²) >= 11 is 0. The molecule has 6 rings (SSSR count). The Hall–Kier alpha value is -3.57. The third-order valence-corrected chi connectivity index (χ3v) is 7.25. The molecule has 0 saturated carbocycles. The van der Waals surface area contributed by atoms with Gasteiger partial charge in [0.1, 0.15) is 6.10 Å². The van der Waals surface area contributed by atoms with Crippen LogP contribution >= 0.6 is 0 Å². The van der Waals surface area contributed by atoms with Gasteiger partial charge in [-0.25, -0.2) is 4.98 Å². The highest BCUT2D eigenvalue weighted by molar-refractivity contribution is 5.63. The predicted molar refractivity (Wildman–Crippen MR) is 118 cm³/mol. The zero-order chi connectivity index (χ0) is 23.3. The molecule has 3 heterocycles. The molecule has 2 bridgehead atoms. The van der Waals surface area contributed by atoms with Crippen molar-refractivity contribution in [3.63, 3.8) is 0 Å². The summed E-state index contributed by atoms with van der Waals surface area (Å²) in [5.74, 6) is 0.724. The molecule has 5 atom stereocenters. The molecule has 1 aromatic carbocycles. The number of rotatable bonds is 2. The third kappa shape index (κ3) is 3.23. The third-order valence-electron chi connectivity index (χ3n) is 7.25. The largest absolute Gasteiger partial charge is 0.504 e. The van der Waals surface area contributed by atoms with Gasteiger partial charge < -0.3 is 24.6 Å². The lowest BCUT2D eigenvalue weighted by atomic mass is 9.53. The van der Waals surface area contributed by atoms with Gasteiger partial charge >= 0.3 is 0 Å². The molecule has 2 N–H and O–H groups in total. The van der Waals surface area contributed by atoms with E-state index < -0.39 is 5.97 Å². The number of phenolic OH excluding ortho intramolecular Hbond substituents is 1. The van der Waals surface area contributed by atoms with Crippen LogP contribution in [0.15, 0.2) is 42.6 Å². The van der Waals surface area contributed by atoms with Gasteiger partial charge in [0, 0.05) is 42.1 Å². The van der Waals surface area contributed by atoms with E-state index in [-0.39, 0.29) is 23.4 Å². The van der Waals surface area contributed by atoms with Crippen molar-refractivity contribution >= 4 is 5.97 Å². The van der Waals surface area contributed by atoms with Crippen LogP contribution in [0.5, 0.6) is 17.4 Å². The summed E-state index contributed by atoms with van der Waals surface area (Å²) in [5, 5.41) is 27.2. The number of likely N-dealkylation sites (N-methyl/N-ethyl adjacent to an activating group) is 1. The highest BCUT2D eigenvalue weighted by Crippen LogP contribution is 2.62. The maximum absolute atomic E-state index is 10.6. The van der Waals surface area contributed by atoms with Gasteiger partial charge in [0.15, 0.2) is 17.6 Å². The number of aliphatic carboxylic acids is 1. The minimum atomic E-state index is -0.833. The first-order valence-electron chi connectivity index (χ1n) is 11.0. The number of aromatic nitrogens is 1. The van der Waals surface area contributed by atoms with Gasteiger partial charge in [-0.05, 0) is 50.2 Å². The number of piperidine rings is 1. The monoisotopic (exact) mass is 447 g/mol. The molecular weight excluding hydrogens is 422 g/mol. The fourth-order valence-electron chi connectivity index (χ4n) is 6.00. The Morgan fingerprint density at radius 2 is 2.15 bits per heavy atom. The maximum atomic E-state index is 10.6. The molecule has 2 aromatic rings. The van der Waals surface area contributed by atoms with E-state index in [9.17, 15) is 10.4 Å². The Balaban J connectivity index is 0.000000531. The molecule has 170 valence electrons. The average Bonchev–Trinajstić information content (AvgIpc) is 3.14. The van der Waals surface area contributed by atoms with Crippen molar-refractivity contribution in [3.05, 3.63) is 59.3 Å². The van der Waals surface area contributed by atoms with Crippen molar-refractivity contribution in [2.45, 2.75) is 43.4 Å². The number of hydrogen-bond acceptors (Lipinski definition) is 7. The standard InChI is InChI=1S/C23H21N3O3.C2H4O2/c1-26-9-7-23-15-3-5-18(28-19-10-13(12-24)6-8-25-19)22(23)29-21-17(27)4-2-14(20(21)23)11-16(15)26;1-2(3)4/h2-6,8,10,15-16,18,22,27H,7,9,11H2,1H3;1H3,(H,3,4)/t15-,16+,18-,22-,23-;/m0./s1. The highest BCUT2D eigenvalue weighted by Gasteiger charge is 2.64. The van der Waals surface area contributed by atoms with E-state index >= 15 is 0 Å². The van der Waals surface area contributed by atoms with Crippen LogP contribution in [0.1, 0.15) is 30.0 Å². The summed E-state index contributed by atoms with van der Waals surface area (Å²) in [5.41, 5.74) is 2.75. The molecule has 8 heteroatoms. The fourth-order valence-corrected chi connectivity index (χ4v) is 6.00. The molecule has 0 unspecified atom stereocenters. The van der Waals surface area contributed by atoms with Gasteiger partial charge in [-0.15, -0.1) is 0 Å². The van der Waals surface area contributed by atoms with Gasteiger partial charge in [-0.3, -0.25) is 4.79 Å². The van der Waals surface area contributed by atoms with Crippen LogP contribution in [0.3, 0.4) is 0 Å². The zero-order valence-corrected chi connectivity index (χ0v) is 18.4. The number of benzene rings is 1. The molecule has 1 aromatic heterocycles. The Labute approximate surface area is 191 Å². The van der Waals surface area contributed by atoms with E-state index in [1.54, 1.807) is 24.4 Å². The molecule has 4 aliphatic rings. The molecule has 33 heavy (non-hydrogen) atoms.